The van der Waals surface area contributed by atoms with Gasteiger partial charge in [0.05, 0.1) is 0 Å². The molecule has 21 heavy (non-hydrogen) atoms. The van der Waals surface area contributed by atoms with Gasteiger partial charge in [-0.1, -0.05) is 48.5 Å². The number of nitrogens with zero attached hydrogens (tertiary/aromatic N) is 2. The quantitative estimate of drug-likeness (QED) is 0.713. The zero-order chi connectivity index (χ0) is 14.7. The van der Waals surface area contributed by atoms with Crippen LogP contribution in [0.1, 0.15) is 11.3 Å². The minimum Gasteiger partial charge on any atom is -0.420 e. The van der Waals surface area contributed by atoms with Crippen molar-refractivity contribution in [2.45, 2.75) is 13.5 Å². The van der Waals surface area contributed by atoms with Crippen molar-refractivity contribution in [3.63, 3.8) is 0 Å². The average Bonchev–Trinajstić information content (AvgIpc) is 2.91. The Hall–Kier alpha value is -2.55. The summed E-state index contributed by atoms with van der Waals surface area (Å²) in [4.78, 5) is 6.62. The molecule has 3 rings (SSSR count). The molecule has 0 aliphatic rings. The van der Waals surface area contributed by atoms with Gasteiger partial charge < -0.3 is 9.32 Å². The van der Waals surface area contributed by atoms with E-state index in [0.717, 1.165) is 23.7 Å². The Labute approximate surface area is 124 Å². The molecule has 3 nitrogen and oxygen atoms in total. The average molecular weight is 278 g/mol. The third-order valence-corrected chi connectivity index (χ3v) is 3.40. The van der Waals surface area contributed by atoms with Crippen LogP contribution in [0.25, 0.3) is 11.5 Å². The summed E-state index contributed by atoms with van der Waals surface area (Å²) in [7, 11) is 2.02. The van der Waals surface area contributed by atoms with E-state index in [2.05, 4.69) is 22.0 Å². The molecule has 2 aromatic carbocycles. The van der Waals surface area contributed by atoms with Crippen LogP contribution >= 0.6 is 0 Å². The maximum Gasteiger partial charge on any atom is 0.228 e. The van der Waals surface area contributed by atoms with Crippen molar-refractivity contribution in [2.75, 3.05) is 11.9 Å². The molecular formula is C18H18N2O. The molecule has 0 atom stereocenters. The third-order valence-electron chi connectivity index (χ3n) is 3.40. The van der Waals surface area contributed by atoms with E-state index in [9.17, 15) is 0 Å². The molecule has 0 N–H and O–H groups in total. The molecule has 106 valence electrons. The highest BCUT2D eigenvalue weighted by Crippen LogP contribution is 2.27. The lowest BCUT2D eigenvalue weighted by Gasteiger charge is -2.16. The standard InChI is InChI=1S/C18H18N2O/c1-14-18(20(2)13-15-9-5-3-6-10-15)21-17(19-14)16-11-7-4-8-12-16/h3-12H,13H2,1-2H3. The second kappa shape index (κ2) is 5.83. The Morgan fingerprint density at radius 3 is 2.24 bits per heavy atom. The van der Waals surface area contributed by atoms with Crippen molar-refractivity contribution in [3.05, 3.63) is 71.9 Å². The maximum atomic E-state index is 5.95. The molecule has 0 aliphatic heterocycles. The summed E-state index contributed by atoms with van der Waals surface area (Å²) in [6.45, 7) is 2.78. The lowest BCUT2D eigenvalue weighted by Crippen LogP contribution is -2.16. The van der Waals surface area contributed by atoms with Gasteiger partial charge in [0.25, 0.3) is 0 Å². The van der Waals surface area contributed by atoms with Crippen molar-refractivity contribution >= 4 is 5.88 Å². The van der Waals surface area contributed by atoms with E-state index in [1.165, 1.54) is 5.56 Å². The summed E-state index contributed by atoms with van der Waals surface area (Å²) in [5.74, 6) is 1.49. The number of anilines is 1. The summed E-state index contributed by atoms with van der Waals surface area (Å²) in [6, 6.07) is 20.3. The van der Waals surface area contributed by atoms with E-state index < -0.39 is 0 Å². The number of aryl methyl sites for hydroxylation is 1. The van der Waals surface area contributed by atoms with E-state index in [4.69, 9.17) is 4.42 Å². The molecule has 0 saturated carbocycles. The Kier molecular flexibility index (Phi) is 3.73. The summed E-state index contributed by atoms with van der Waals surface area (Å²) >= 11 is 0. The van der Waals surface area contributed by atoms with Crippen LogP contribution in [-0.2, 0) is 6.54 Å². The summed E-state index contributed by atoms with van der Waals surface area (Å²) < 4.78 is 5.95. The topological polar surface area (TPSA) is 29.3 Å². The van der Waals surface area contributed by atoms with Gasteiger partial charge >= 0.3 is 0 Å². The third kappa shape index (κ3) is 2.97. The van der Waals surface area contributed by atoms with Gasteiger partial charge in [0.2, 0.25) is 11.8 Å². The van der Waals surface area contributed by atoms with Crippen molar-refractivity contribution in [1.82, 2.24) is 4.98 Å². The van der Waals surface area contributed by atoms with Crippen molar-refractivity contribution in [3.8, 4) is 11.5 Å². The molecule has 0 bridgehead atoms. The SMILES string of the molecule is Cc1nc(-c2ccccc2)oc1N(C)Cc1ccccc1. The molecule has 0 unspecified atom stereocenters. The first-order valence-electron chi connectivity index (χ1n) is 7.02. The van der Waals surface area contributed by atoms with E-state index in [0.29, 0.717) is 5.89 Å². The monoisotopic (exact) mass is 278 g/mol. The van der Waals surface area contributed by atoms with Crippen LogP contribution in [0.2, 0.25) is 0 Å². The number of hydrogen-bond donors (Lipinski definition) is 0. The lowest BCUT2D eigenvalue weighted by molar-refractivity contribution is 0.560. The molecule has 0 radical (unpaired) electrons. The van der Waals surface area contributed by atoms with Crippen LogP contribution in [0, 0.1) is 6.92 Å². The number of hydrogen-bond acceptors (Lipinski definition) is 3. The number of oxazole rings is 1. The molecule has 3 heteroatoms. The van der Waals surface area contributed by atoms with Gasteiger partial charge in [0, 0.05) is 19.2 Å². The fourth-order valence-corrected chi connectivity index (χ4v) is 2.38. The zero-order valence-corrected chi connectivity index (χ0v) is 12.3. The van der Waals surface area contributed by atoms with Gasteiger partial charge in [-0.25, -0.2) is 4.98 Å². The Balaban J connectivity index is 1.84. The highest BCUT2D eigenvalue weighted by molar-refractivity contribution is 5.56. The second-order valence-electron chi connectivity index (χ2n) is 5.12. The molecule has 0 saturated heterocycles. The molecule has 0 spiro atoms. The first-order chi connectivity index (χ1) is 10.2. The van der Waals surface area contributed by atoms with E-state index in [1.54, 1.807) is 0 Å². The minimum atomic E-state index is 0.669. The Morgan fingerprint density at radius 2 is 1.57 bits per heavy atom. The summed E-state index contributed by atoms with van der Waals surface area (Å²) in [5.41, 5.74) is 3.16. The van der Waals surface area contributed by atoms with Gasteiger partial charge in [0.1, 0.15) is 5.69 Å². The van der Waals surface area contributed by atoms with Crippen LogP contribution in [0.4, 0.5) is 5.88 Å². The van der Waals surface area contributed by atoms with Crippen LogP contribution in [0.5, 0.6) is 0 Å². The Bertz CT molecular complexity index is 705. The normalized spacial score (nSPS) is 10.6. The van der Waals surface area contributed by atoms with E-state index in [-0.39, 0.29) is 0 Å². The van der Waals surface area contributed by atoms with E-state index in [1.807, 2.05) is 62.5 Å². The van der Waals surface area contributed by atoms with Gasteiger partial charge in [0.15, 0.2) is 0 Å². The predicted octanol–water partition coefficient (Wildman–Crippen LogP) is 4.29. The Morgan fingerprint density at radius 1 is 0.952 bits per heavy atom. The van der Waals surface area contributed by atoms with Crippen LogP contribution in [0.3, 0.4) is 0 Å². The molecule has 1 aromatic heterocycles. The van der Waals surface area contributed by atoms with Gasteiger partial charge in [-0.05, 0) is 24.6 Å². The largest absolute Gasteiger partial charge is 0.420 e. The van der Waals surface area contributed by atoms with Gasteiger partial charge in [-0.2, -0.15) is 0 Å². The number of aromatic nitrogens is 1. The van der Waals surface area contributed by atoms with E-state index >= 15 is 0 Å². The van der Waals surface area contributed by atoms with Crippen LogP contribution in [0.15, 0.2) is 65.1 Å². The number of rotatable bonds is 4. The first kappa shape index (κ1) is 13.4. The highest BCUT2D eigenvalue weighted by atomic mass is 16.4. The van der Waals surface area contributed by atoms with Gasteiger partial charge in [-0.3, -0.25) is 0 Å². The smallest absolute Gasteiger partial charge is 0.228 e. The second-order valence-corrected chi connectivity index (χ2v) is 5.12. The first-order valence-corrected chi connectivity index (χ1v) is 7.02. The number of benzene rings is 2. The lowest BCUT2D eigenvalue weighted by atomic mass is 10.2. The van der Waals surface area contributed by atoms with Crippen molar-refractivity contribution < 1.29 is 4.42 Å². The zero-order valence-electron chi connectivity index (χ0n) is 12.3. The summed E-state index contributed by atoms with van der Waals surface area (Å²) in [5, 5.41) is 0. The van der Waals surface area contributed by atoms with Crippen molar-refractivity contribution in [2.24, 2.45) is 0 Å². The van der Waals surface area contributed by atoms with Gasteiger partial charge in [-0.15, -0.1) is 0 Å². The summed E-state index contributed by atoms with van der Waals surface area (Å²) in [6.07, 6.45) is 0. The fraction of sp³-hybridized carbons (Fsp3) is 0.167. The van der Waals surface area contributed by atoms with Crippen molar-refractivity contribution in [1.29, 1.82) is 0 Å². The fourth-order valence-electron chi connectivity index (χ4n) is 2.38. The predicted molar refractivity (Wildman–Crippen MR) is 85.2 cm³/mol. The molecule has 1 heterocycles. The van der Waals surface area contributed by atoms with Crippen LogP contribution in [-0.4, -0.2) is 12.0 Å². The minimum absolute atomic E-state index is 0.669. The maximum absolute atomic E-state index is 5.95. The molecule has 0 aliphatic carbocycles. The molecule has 0 amide bonds. The van der Waals surface area contributed by atoms with Crippen LogP contribution < -0.4 is 4.90 Å². The molecule has 0 fully saturated rings. The highest BCUT2D eigenvalue weighted by Gasteiger charge is 2.15. The molecule has 3 aromatic rings. The molecular weight excluding hydrogens is 260 g/mol.